The van der Waals surface area contributed by atoms with Crippen LogP contribution in [0.4, 0.5) is 0 Å². The predicted octanol–water partition coefficient (Wildman–Crippen LogP) is 5.50. The Balaban J connectivity index is 2.47. The monoisotopic (exact) mass is 369 g/mol. The molecule has 2 aromatic rings. The Bertz CT molecular complexity index is 489. The van der Waals surface area contributed by atoms with Gasteiger partial charge in [0.25, 0.3) is 0 Å². The van der Waals surface area contributed by atoms with Gasteiger partial charge in [-0.15, -0.1) is 22.7 Å². The topological polar surface area (TPSA) is 12.0 Å². The van der Waals surface area contributed by atoms with Gasteiger partial charge in [0.1, 0.15) is 0 Å². The molecule has 0 bridgehead atoms. The van der Waals surface area contributed by atoms with Gasteiger partial charge in [0.15, 0.2) is 0 Å². The molecule has 2 rings (SSSR count). The Morgan fingerprint density at radius 3 is 2.41 bits per heavy atom. The second kappa shape index (κ2) is 5.59. The molecule has 0 fully saturated rings. The van der Waals surface area contributed by atoms with Gasteiger partial charge >= 0.3 is 0 Å². The van der Waals surface area contributed by atoms with Gasteiger partial charge in [0.05, 0.1) is 14.7 Å². The lowest BCUT2D eigenvalue weighted by Crippen LogP contribution is -2.16. The molecular formula is C11H10BrCl2NS2. The predicted molar refractivity (Wildman–Crippen MR) is 82.0 cm³/mol. The second-order valence-electron chi connectivity index (χ2n) is 3.57. The van der Waals surface area contributed by atoms with Crippen LogP contribution in [0.1, 0.15) is 21.4 Å². The Hall–Kier alpha value is 0.420. The highest BCUT2D eigenvalue weighted by molar-refractivity contribution is 9.10. The highest BCUT2D eigenvalue weighted by Crippen LogP contribution is 2.41. The maximum absolute atomic E-state index is 6.21. The molecule has 6 heteroatoms. The van der Waals surface area contributed by atoms with Crippen LogP contribution in [0, 0.1) is 6.92 Å². The van der Waals surface area contributed by atoms with Gasteiger partial charge in [-0.3, -0.25) is 0 Å². The first-order chi connectivity index (χ1) is 8.02. The summed E-state index contributed by atoms with van der Waals surface area (Å²) in [5.74, 6) is 0. The molecule has 2 aromatic heterocycles. The molecule has 1 unspecified atom stereocenters. The minimum Gasteiger partial charge on any atom is -0.309 e. The van der Waals surface area contributed by atoms with Gasteiger partial charge in [0, 0.05) is 19.8 Å². The van der Waals surface area contributed by atoms with Crippen molar-refractivity contribution in [2.75, 3.05) is 7.05 Å². The molecule has 92 valence electrons. The molecule has 1 atom stereocenters. The quantitative estimate of drug-likeness (QED) is 0.752. The van der Waals surface area contributed by atoms with Crippen LogP contribution in [0.5, 0.6) is 0 Å². The van der Waals surface area contributed by atoms with Crippen molar-refractivity contribution < 1.29 is 0 Å². The molecule has 0 aromatic carbocycles. The van der Waals surface area contributed by atoms with E-state index in [1.807, 2.05) is 13.1 Å². The van der Waals surface area contributed by atoms with Crippen LogP contribution in [0.25, 0.3) is 0 Å². The van der Waals surface area contributed by atoms with E-state index >= 15 is 0 Å². The fraction of sp³-hybridized carbons (Fsp3) is 0.273. The van der Waals surface area contributed by atoms with Crippen LogP contribution < -0.4 is 5.32 Å². The third kappa shape index (κ3) is 2.88. The minimum absolute atomic E-state index is 0.0827. The summed E-state index contributed by atoms with van der Waals surface area (Å²) in [5, 5.41) is 3.29. The Labute approximate surface area is 127 Å². The van der Waals surface area contributed by atoms with E-state index in [1.54, 1.807) is 11.3 Å². The number of hydrogen-bond donors (Lipinski definition) is 1. The zero-order valence-corrected chi connectivity index (χ0v) is 13.9. The lowest BCUT2D eigenvalue weighted by Gasteiger charge is -2.14. The average molecular weight is 371 g/mol. The van der Waals surface area contributed by atoms with Gasteiger partial charge in [0.2, 0.25) is 0 Å². The summed E-state index contributed by atoms with van der Waals surface area (Å²) >= 11 is 18.9. The van der Waals surface area contributed by atoms with Gasteiger partial charge in [-0.05, 0) is 42.0 Å². The van der Waals surface area contributed by atoms with Crippen molar-refractivity contribution in [1.29, 1.82) is 0 Å². The maximum Gasteiger partial charge on any atom is 0.0995 e. The minimum atomic E-state index is 0.0827. The molecule has 0 aliphatic heterocycles. The Morgan fingerprint density at radius 1 is 1.29 bits per heavy atom. The number of thiophene rings is 2. The van der Waals surface area contributed by atoms with Crippen LogP contribution in [-0.2, 0) is 0 Å². The van der Waals surface area contributed by atoms with E-state index < -0.39 is 0 Å². The average Bonchev–Trinajstić information content (AvgIpc) is 2.73. The number of aryl methyl sites for hydroxylation is 1. The molecule has 2 heterocycles. The zero-order valence-electron chi connectivity index (χ0n) is 9.18. The Morgan fingerprint density at radius 2 is 2.00 bits per heavy atom. The SMILES string of the molecule is CNC(c1cc(Cl)sc1Cl)c1sc(C)cc1Br. The molecule has 17 heavy (non-hydrogen) atoms. The third-order valence-electron chi connectivity index (χ3n) is 2.38. The molecule has 0 saturated heterocycles. The first-order valence-electron chi connectivity index (χ1n) is 4.90. The first-order valence-corrected chi connectivity index (χ1v) is 8.09. The van der Waals surface area contributed by atoms with Crippen LogP contribution >= 0.6 is 61.8 Å². The summed E-state index contributed by atoms with van der Waals surface area (Å²) in [6.45, 7) is 2.09. The molecule has 0 saturated carbocycles. The molecular weight excluding hydrogens is 361 g/mol. The number of halogens is 3. The van der Waals surface area contributed by atoms with Crippen LogP contribution in [0.2, 0.25) is 8.67 Å². The normalized spacial score (nSPS) is 13.0. The van der Waals surface area contributed by atoms with E-state index in [0.29, 0.717) is 0 Å². The fourth-order valence-electron chi connectivity index (χ4n) is 1.68. The van der Waals surface area contributed by atoms with E-state index in [0.717, 1.165) is 18.7 Å². The van der Waals surface area contributed by atoms with Crippen LogP contribution in [0.15, 0.2) is 16.6 Å². The van der Waals surface area contributed by atoms with Gasteiger partial charge in [-0.25, -0.2) is 0 Å². The second-order valence-corrected chi connectivity index (χ2v) is 8.00. The molecule has 0 spiro atoms. The lowest BCUT2D eigenvalue weighted by atomic mass is 10.1. The summed E-state index contributed by atoms with van der Waals surface area (Å²) in [4.78, 5) is 2.49. The summed E-state index contributed by atoms with van der Waals surface area (Å²) < 4.78 is 2.57. The van der Waals surface area contributed by atoms with Gasteiger partial charge in [-0.1, -0.05) is 23.2 Å². The standard InChI is InChI=1S/C11H10BrCl2NS2/c1-5-3-7(12)10(16-5)9(15-2)6-4-8(13)17-11(6)14/h3-4,9,15H,1-2H3. The van der Waals surface area contributed by atoms with Crippen LogP contribution in [-0.4, -0.2) is 7.05 Å². The van der Waals surface area contributed by atoms with E-state index in [4.69, 9.17) is 23.2 Å². The van der Waals surface area contributed by atoms with Gasteiger partial charge in [-0.2, -0.15) is 0 Å². The van der Waals surface area contributed by atoms with E-state index in [2.05, 4.69) is 34.2 Å². The smallest absolute Gasteiger partial charge is 0.0995 e. The van der Waals surface area contributed by atoms with Crippen molar-refractivity contribution in [3.63, 3.8) is 0 Å². The van der Waals surface area contributed by atoms with E-state index in [9.17, 15) is 0 Å². The third-order valence-corrected chi connectivity index (χ3v) is 5.93. The number of rotatable bonds is 3. The number of hydrogen-bond acceptors (Lipinski definition) is 3. The molecule has 1 nitrogen and oxygen atoms in total. The van der Waals surface area contributed by atoms with Crippen molar-refractivity contribution >= 4 is 61.8 Å². The summed E-state index contributed by atoms with van der Waals surface area (Å²) in [6.07, 6.45) is 0. The van der Waals surface area contributed by atoms with E-state index in [-0.39, 0.29) is 6.04 Å². The molecule has 0 aliphatic rings. The van der Waals surface area contributed by atoms with Crippen LogP contribution in [0.3, 0.4) is 0 Å². The molecule has 0 amide bonds. The highest BCUT2D eigenvalue weighted by Gasteiger charge is 2.21. The van der Waals surface area contributed by atoms with Crippen molar-refractivity contribution in [3.05, 3.63) is 40.6 Å². The zero-order chi connectivity index (χ0) is 12.6. The molecule has 0 aliphatic carbocycles. The van der Waals surface area contributed by atoms with Crippen molar-refractivity contribution in [2.45, 2.75) is 13.0 Å². The number of nitrogens with one attached hydrogen (secondary N) is 1. The van der Waals surface area contributed by atoms with Crippen molar-refractivity contribution in [2.24, 2.45) is 0 Å². The largest absolute Gasteiger partial charge is 0.309 e. The summed E-state index contributed by atoms with van der Waals surface area (Å²) in [7, 11) is 1.92. The summed E-state index contributed by atoms with van der Waals surface area (Å²) in [5.41, 5.74) is 1.03. The molecule has 0 radical (unpaired) electrons. The molecule has 1 N–H and O–H groups in total. The fourth-order valence-corrected chi connectivity index (χ4v) is 5.22. The van der Waals surface area contributed by atoms with Crippen molar-refractivity contribution in [1.82, 2.24) is 5.32 Å². The Kier molecular flexibility index (Phi) is 4.55. The summed E-state index contributed by atoms with van der Waals surface area (Å²) in [6, 6.07) is 4.13. The lowest BCUT2D eigenvalue weighted by molar-refractivity contribution is 0.704. The highest BCUT2D eigenvalue weighted by atomic mass is 79.9. The maximum atomic E-state index is 6.21. The first kappa shape index (κ1) is 13.8. The van der Waals surface area contributed by atoms with Gasteiger partial charge < -0.3 is 5.32 Å². The van der Waals surface area contributed by atoms with E-state index in [1.165, 1.54) is 21.1 Å². The van der Waals surface area contributed by atoms with Crippen molar-refractivity contribution in [3.8, 4) is 0 Å².